The monoisotopic (exact) mass is 368 g/mol. The van der Waals surface area contributed by atoms with Crippen molar-refractivity contribution in [3.63, 3.8) is 0 Å². The first kappa shape index (κ1) is 21.5. The second kappa shape index (κ2) is 8.45. The Morgan fingerprint density at radius 2 is 0.889 bits per heavy atom. The van der Waals surface area contributed by atoms with Crippen molar-refractivity contribution in [1.82, 2.24) is 10.6 Å². The molecule has 0 saturated heterocycles. The Bertz CT molecular complexity index is 643. The van der Waals surface area contributed by atoms with Crippen LogP contribution in [0.25, 0.3) is 0 Å². The maximum atomic E-state index is 6.01. The highest BCUT2D eigenvalue weighted by atomic mass is 16.5. The third-order valence-electron chi connectivity index (χ3n) is 4.29. The molecule has 2 atom stereocenters. The summed E-state index contributed by atoms with van der Waals surface area (Å²) in [5.74, 6) is 1.71. The Balaban J connectivity index is 1.99. The summed E-state index contributed by atoms with van der Waals surface area (Å²) >= 11 is 0. The fourth-order valence-corrected chi connectivity index (χ4v) is 3.25. The number of rotatable bonds is 6. The van der Waals surface area contributed by atoms with Gasteiger partial charge in [0.15, 0.2) is 0 Å². The first-order chi connectivity index (χ1) is 12.4. The second-order valence-corrected chi connectivity index (χ2v) is 9.47. The average Bonchev–Trinajstić information content (AvgIpc) is 2.53. The topological polar surface area (TPSA) is 33.3 Å². The van der Waals surface area contributed by atoms with Crippen LogP contribution in [0.15, 0.2) is 48.5 Å². The molecule has 2 N–H and O–H groups in total. The summed E-state index contributed by atoms with van der Waals surface area (Å²) in [4.78, 5) is 0. The lowest BCUT2D eigenvalue weighted by Gasteiger charge is -2.26. The third-order valence-corrected chi connectivity index (χ3v) is 4.29. The van der Waals surface area contributed by atoms with Gasteiger partial charge in [-0.05, 0) is 90.8 Å². The van der Waals surface area contributed by atoms with E-state index in [-0.39, 0.29) is 11.1 Å². The third kappa shape index (κ3) is 7.36. The van der Waals surface area contributed by atoms with Crippen LogP contribution in [0, 0.1) is 0 Å². The molecule has 148 valence electrons. The van der Waals surface area contributed by atoms with Crippen LogP contribution in [0.3, 0.4) is 0 Å². The Labute approximate surface area is 165 Å². The fourth-order valence-electron chi connectivity index (χ4n) is 3.25. The molecular weight excluding hydrogens is 332 g/mol. The smallest absolute Gasteiger partial charge is 0.127 e. The first-order valence-electron chi connectivity index (χ1n) is 9.86. The molecule has 0 saturated carbocycles. The normalized spacial score (nSPS) is 14.7. The van der Waals surface area contributed by atoms with E-state index in [4.69, 9.17) is 4.74 Å². The molecule has 0 aliphatic rings. The van der Waals surface area contributed by atoms with Crippen molar-refractivity contribution >= 4 is 0 Å². The summed E-state index contributed by atoms with van der Waals surface area (Å²) in [5, 5.41) is 7.18. The molecule has 2 unspecified atom stereocenters. The minimum atomic E-state index is 0.0926. The predicted octanol–water partition coefficient (Wildman–Crippen LogP) is 6.38. The van der Waals surface area contributed by atoms with Gasteiger partial charge < -0.3 is 15.4 Å². The van der Waals surface area contributed by atoms with Gasteiger partial charge in [-0.15, -0.1) is 0 Å². The molecule has 2 aromatic carbocycles. The highest BCUT2D eigenvalue weighted by Gasteiger charge is 2.16. The number of nitrogens with one attached hydrogen (secondary N) is 2. The van der Waals surface area contributed by atoms with E-state index in [1.54, 1.807) is 0 Å². The lowest BCUT2D eigenvalue weighted by atomic mass is 10.0. The van der Waals surface area contributed by atoms with E-state index in [2.05, 4.69) is 90.3 Å². The quantitative estimate of drug-likeness (QED) is 0.621. The van der Waals surface area contributed by atoms with Crippen molar-refractivity contribution in [3.8, 4) is 11.5 Å². The molecule has 0 aliphatic carbocycles. The molecule has 2 aromatic rings. The highest BCUT2D eigenvalue weighted by molar-refractivity contribution is 5.36. The van der Waals surface area contributed by atoms with Crippen molar-refractivity contribution in [3.05, 3.63) is 59.7 Å². The average molecular weight is 369 g/mol. The maximum Gasteiger partial charge on any atom is 0.127 e. The van der Waals surface area contributed by atoms with Gasteiger partial charge in [-0.2, -0.15) is 0 Å². The van der Waals surface area contributed by atoms with Gasteiger partial charge in [-0.1, -0.05) is 24.3 Å². The predicted molar refractivity (Wildman–Crippen MR) is 116 cm³/mol. The minimum Gasteiger partial charge on any atom is -0.457 e. The molecule has 3 nitrogen and oxygen atoms in total. The Kier molecular flexibility index (Phi) is 6.72. The second-order valence-electron chi connectivity index (χ2n) is 9.47. The minimum absolute atomic E-state index is 0.0926. The van der Waals surface area contributed by atoms with Crippen LogP contribution < -0.4 is 15.4 Å². The Morgan fingerprint density at radius 1 is 0.593 bits per heavy atom. The Morgan fingerprint density at radius 3 is 1.15 bits per heavy atom. The van der Waals surface area contributed by atoms with Gasteiger partial charge in [-0.3, -0.25) is 0 Å². The van der Waals surface area contributed by atoms with Crippen LogP contribution in [0.1, 0.15) is 78.6 Å². The summed E-state index contributed by atoms with van der Waals surface area (Å²) in [6.07, 6.45) is 0. The number of ether oxygens (including phenoxy) is 1. The van der Waals surface area contributed by atoms with Crippen molar-refractivity contribution in [2.75, 3.05) is 0 Å². The van der Waals surface area contributed by atoms with Crippen molar-refractivity contribution < 1.29 is 4.74 Å². The van der Waals surface area contributed by atoms with Gasteiger partial charge in [-0.25, -0.2) is 0 Å². The number of hydrogen-bond acceptors (Lipinski definition) is 3. The molecule has 0 amide bonds. The van der Waals surface area contributed by atoms with Gasteiger partial charge in [0.2, 0.25) is 0 Å². The summed E-state index contributed by atoms with van der Waals surface area (Å²) in [5.41, 5.74) is 2.70. The van der Waals surface area contributed by atoms with Crippen LogP contribution in [0.4, 0.5) is 0 Å². The van der Waals surface area contributed by atoms with E-state index in [0.717, 1.165) is 11.5 Å². The zero-order chi connectivity index (χ0) is 20.2. The number of benzene rings is 2. The van der Waals surface area contributed by atoms with E-state index in [0.29, 0.717) is 12.1 Å². The van der Waals surface area contributed by atoms with Gasteiger partial charge >= 0.3 is 0 Å². The van der Waals surface area contributed by atoms with Crippen LogP contribution in [0.2, 0.25) is 0 Å². The summed E-state index contributed by atoms with van der Waals surface area (Å²) in [7, 11) is 0. The molecule has 0 aliphatic heterocycles. The zero-order valence-corrected chi connectivity index (χ0v) is 18.2. The van der Waals surface area contributed by atoms with E-state index >= 15 is 0 Å². The maximum absolute atomic E-state index is 6.01. The van der Waals surface area contributed by atoms with E-state index in [1.165, 1.54) is 11.1 Å². The van der Waals surface area contributed by atoms with Crippen molar-refractivity contribution in [2.45, 2.75) is 78.6 Å². The van der Waals surface area contributed by atoms with E-state index < -0.39 is 0 Å². The number of hydrogen-bond donors (Lipinski definition) is 2. The SMILES string of the molecule is CC(NC(C)(C)C)c1ccc(Oc2ccc(C(C)NC(C)(C)C)cc2)cc1. The van der Waals surface area contributed by atoms with Crippen LogP contribution in [0.5, 0.6) is 11.5 Å². The largest absolute Gasteiger partial charge is 0.457 e. The van der Waals surface area contributed by atoms with Crippen LogP contribution in [-0.4, -0.2) is 11.1 Å². The standard InChI is InChI=1S/C24H36N2O/c1-17(25-23(3,4)5)19-9-13-21(14-10-19)27-22-15-11-20(12-16-22)18(2)26-24(6,7)8/h9-18,25-26H,1-8H3. The van der Waals surface area contributed by atoms with Crippen molar-refractivity contribution in [1.29, 1.82) is 0 Å². The molecule has 3 heteroatoms. The highest BCUT2D eigenvalue weighted by Crippen LogP contribution is 2.26. The molecule has 0 radical (unpaired) electrons. The van der Waals surface area contributed by atoms with Gasteiger partial charge in [0.1, 0.15) is 11.5 Å². The molecule has 0 heterocycles. The lowest BCUT2D eigenvalue weighted by Crippen LogP contribution is -2.37. The van der Waals surface area contributed by atoms with Gasteiger partial charge in [0, 0.05) is 23.2 Å². The summed E-state index contributed by atoms with van der Waals surface area (Å²) in [6.45, 7) is 17.5. The van der Waals surface area contributed by atoms with E-state index in [1.807, 2.05) is 24.3 Å². The summed E-state index contributed by atoms with van der Waals surface area (Å²) in [6, 6.07) is 17.3. The van der Waals surface area contributed by atoms with Crippen LogP contribution in [-0.2, 0) is 0 Å². The van der Waals surface area contributed by atoms with Crippen molar-refractivity contribution in [2.24, 2.45) is 0 Å². The zero-order valence-electron chi connectivity index (χ0n) is 18.2. The Hall–Kier alpha value is -1.84. The molecular formula is C24H36N2O. The van der Waals surface area contributed by atoms with Crippen LogP contribution >= 0.6 is 0 Å². The van der Waals surface area contributed by atoms with E-state index in [9.17, 15) is 0 Å². The fraction of sp³-hybridized carbons (Fsp3) is 0.500. The molecule has 0 fully saturated rings. The molecule has 0 spiro atoms. The first-order valence-corrected chi connectivity index (χ1v) is 9.86. The van der Waals surface area contributed by atoms with Gasteiger partial charge in [0.25, 0.3) is 0 Å². The summed E-state index contributed by atoms with van der Waals surface area (Å²) < 4.78 is 6.01. The molecule has 0 bridgehead atoms. The lowest BCUT2D eigenvalue weighted by molar-refractivity contribution is 0.378. The molecule has 0 aromatic heterocycles. The molecule has 2 rings (SSSR count). The molecule has 27 heavy (non-hydrogen) atoms. The van der Waals surface area contributed by atoms with Gasteiger partial charge in [0.05, 0.1) is 0 Å².